The largest absolute Gasteiger partial charge is 0.490 e. The molecule has 3 heteroatoms. The first-order valence-corrected chi connectivity index (χ1v) is 7.37. The number of rotatable bonds is 10. The summed E-state index contributed by atoms with van der Waals surface area (Å²) < 4.78 is 11.5. The first-order valence-electron chi connectivity index (χ1n) is 7.37. The van der Waals surface area contributed by atoms with E-state index in [4.69, 9.17) is 9.47 Å². The molecule has 19 heavy (non-hydrogen) atoms. The fourth-order valence-corrected chi connectivity index (χ4v) is 1.89. The minimum atomic E-state index is 0.142. The Hall–Kier alpha value is -1.22. The molecule has 1 aromatic carbocycles. The van der Waals surface area contributed by atoms with Crippen molar-refractivity contribution in [2.24, 2.45) is 0 Å². The summed E-state index contributed by atoms with van der Waals surface area (Å²) in [5.41, 5.74) is 0. The minimum Gasteiger partial charge on any atom is -0.490 e. The highest BCUT2D eigenvalue weighted by Crippen LogP contribution is 2.27. The van der Waals surface area contributed by atoms with E-state index in [2.05, 4.69) is 19.2 Å². The molecule has 0 saturated heterocycles. The standard InChI is InChI=1S/C16H27NO2/c1-4-6-9-12-17-13-14(3)19-16-11-8-7-10-15(16)18-5-2/h7-8,10-11,14,17H,4-6,9,12-13H2,1-3H3. The van der Waals surface area contributed by atoms with E-state index in [1.807, 2.05) is 31.2 Å². The fraction of sp³-hybridized carbons (Fsp3) is 0.625. The maximum Gasteiger partial charge on any atom is 0.161 e. The SMILES string of the molecule is CCCCCNCC(C)Oc1ccccc1OCC. The smallest absolute Gasteiger partial charge is 0.161 e. The van der Waals surface area contributed by atoms with Crippen molar-refractivity contribution < 1.29 is 9.47 Å². The average molecular weight is 265 g/mol. The lowest BCUT2D eigenvalue weighted by Crippen LogP contribution is -2.29. The van der Waals surface area contributed by atoms with Crippen LogP contribution in [-0.2, 0) is 0 Å². The van der Waals surface area contributed by atoms with Gasteiger partial charge in [-0.25, -0.2) is 0 Å². The van der Waals surface area contributed by atoms with Crippen molar-refractivity contribution in [3.8, 4) is 11.5 Å². The second-order valence-electron chi connectivity index (χ2n) is 4.72. The Balaban J connectivity index is 2.33. The van der Waals surface area contributed by atoms with Gasteiger partial charge in [-0.3, -0.25) is 0 Å². The molecule has 1 N–H and O–H groups in total. The third-order valence-electron chi connectivity index (χ3n) is 2.87. The lowest BCUT2D eigenvalue weighted by Gasteiger charge is -2.17. The van der Waals surface area contributed by atoms with E-state index in [-0.39, 0.29) is 6.10 Å². The lowest BCUT2D eigenvalue weighted by atomic mass is 10.2. The summed E-state index contributed by atoms with van der Waals surface area (Å²) >= 11 is 0. The van der Waals surface area contributed by atoms with Crippen LogP contribution in [0.5, 0.6) is 11.5 Å². The number of hydrogen-bond acceptors (Lipinski definition) is 3. The van der Waals surface area contributed by atoms with Gasteiger partial charge in [-0.05, 0) is 38.9 Å². The molecule has 0 aliphatic carbocycles. The Bertz CT molecular complexity index is 341. The third-order valence-corrected chi connectivity index (χ3v) is 2.87. The molecule has 0 bridgehead atoms. The van der Waals surface area contributed by atoms with Crippen LogP contribution in [0.1, 0.15) is 40.0 Å². The van der Waals surface area contributed by atoms with Crippen LogP contribution in [0.15, 0.2) is 24.3 Å². The Kier molecular flexibility index (Phi) is 8.07. The summed E-state index contributed by atoms with van der Waals surface area (Å²) in [6.07, 6.45) is 3.92. The summed E-state index contributed by atoms with van der Waals surface area (Å²) in [4.78, 5) is 0. The summed E-state index contributed by atoms with van der Waals surface area (Å²) in [5.74, 6) is 1.65. The van der Waals surface area contributed by atoms with Gasteiger partial charge in [0.15, 0.2) is 11.5 Å². The quantitative estimate of drug-likeness (QED) is 0.655. The number of nitrogens with one attached hydrogen (secondary N) is 1. The second-order valence-corrected chi connectivity index (χ2v) is 4.72. The summed E-state index contributed by atoms with van der Waals surface area (Å²) in [5, 5.41) is 3.43. The van der Waals surface area contributed by atoms with Crippen LogP contribution in [0.25, 0.3) is 0 Å². The van der Waals surface area contributed by atoms with E-state index in [1.165, 1.54) is 19.3 Å². The van der Waals surface area contributed by atoms with Gasteiger partial charge in [-0.2, -0.15) is 0 Å². The van der Waals surface area contributed by atoms with Gasteiger partial charge >= 0.3 is 0 Å². The molecule has 0 amide bonds. The van der Waals surface area contributed by atoms with Crippen molar-refractivity contribution in [1.29, 1.82) is 0 Å². The van der Waals surface area contributed by atoms with Crippen LogP contribution >= 0.6 is 0 Å². The highest BCUT2D eigenvalue weighted by Gasteiger charge is 2.08. The maximum absolute atomic E-state index is 5.92. The molecule has 0 aliphatic rings. The van der Waals surface area contributed by atoms with Gasteiger partial charge in [0.1, 0.15) is 6.10 Å². The van der Waals surface area contributed by atoms with Crippen LogP contribution in [0.4, 0.5) is 0 Å². The predicted octanol–water partition coefficient (Wildman–Crippen LogP) is 3.63. The Morgan fingerprint density at radius 3 is 2.53 bits per heavy atom. The zero-order valence-corrected chi connectivity index (χ0v) is 12.4. The van der Waals surface area contributed by atoms with E-state index in [9.17, 15) is 0 Å². The van der Waals surface area contributed by atoms with Gasteiger partial charge in [0.25, 0.3) is 0 Å². The molecule has 0 fully saturated rings. The van der Waals surface area contributed by atoms with E-state index in [0.29, 0.717) is 6.61 Å². The highest BCUT2D eigenvalue weighted by atomic mass is 16.5. The van der Waals surface area contributed by atoms with Gasteiger partial charge in [0.2, 0.25) is 0 Å². The van der Waals surface area contributed by atoms with Crippen molar-refractivity contribution in [3.05, 3.63) is 24.3 Å². The zero-order chi connectivity index (χ0) is 13.9. The molecule has 0 aromatic heterocycles. The normalized spacial score (nSPS) is 12.2. The minimum absolute atomic E-state index is 0.142. The fourth-order valence-electron chi connectivity index (χ4n) is 1.89. The molecule has 0 radical (unpaired) electrons. The van der Waals surface area contributed by atoms with Crippen LogP contribution in [0, 0.1) is 0 Å². The van der Waals surface area contributed by atoms with E-state index < -0.39 is 0 Å². The van der Waals surface area contributed by atoms with Crippen molar-refractivity contribution in [2.45, 2.75) is 46.1 Å². The molecule has 0 saturated carbocycles. The molecule has 0 aliphatic heterocycles. The first kappa shape index (κ1) is 15.8. The molecule has 0 heterocycles. The van der Waals surface area contributed by atoms with Gasteiger partial charge in [0.05, 0.1) is 6.61 Å². The van der Waals surface area contributed by atoms with Crippen LogP contribution in [0.3, 0.4) is 0 Å². The topological polar surface area (TPSA) is 30.5 Å². The predicted molar refractivity (Wildman–Crippen MR) is 80.1 cm³/mol. The van der Waals surface area contributed by atoms with E-state index >= 15 is 0 Å². The van der Waals surface area contributed by atoms with Gasteiger partial charge in [0, 0.05) is 6.54 Å². The summed E-state index contributed by atoms with van der Waals surface area (Å²) in [6.45, 7) is 8.87. The van der Waals surface area contributed by atoms with E-state index in [1.54, 1.807) is 0 Å². The maximum atomic E-state index is 5.92. The Morgan fingerprint density at radius 2 is 1.84 bits per heavy atom. The van der Waals surface area contributed by atoms with Crippen LogP contribution in [-0.4, -0.2) is 25.8 Å². The Labute approximate surface area is 117 Å². The van der Waals surface area contributed by atoms with Crippen molar-refractivity contribution >= 4 is 0 Å². The molecule has 1 atom stereocenters. The number of benzene rings is 1. The summed E-state index contributed by atoms with van der Waals surface area (Å²) in [6, 6.07) is 7.84. The van der Waals surface area contributed by atoms with Crippen LogP contribution in [0.2, 0.25) is 0 Å². The van der Waals surface area contributed by atoms with Crippen molar-refractivity contribution in [3.63, 3.8) is 0 Å². The molecule has 0 spiro atoms. The van der Waals surface area contributed by atoms with Crippen molar-refractivity contribution in [2.75, 3.05) is 19.7 Å². The van der Waals surface area contributed by atoms with E-state index in [0.717, 1.165) is 24.6 Å². The summed E-state index contributed by atoms with van der Waals surface area (Å²) in [7, 11) is 0. The lowest BCUT2D eigenvalue weighted by molar-refractivity contribution is 0.203. The first-order chi connectivity index (χ1) is 9.27. The van der Waals surface area contributed by atoms with Crippen molar-refractivity contribution in [1.82, 2.24) is 5.32 Å². The molecule has 1 unspecified atom stereocenters. The average Bonchev–Trinajstić information content (AvgIpc) is 2.41. The molecular formula is C16H27NO2. The number of para-hydroxylation sites is 2. The number of hydrogen-bond donors (Lipinski definition) is 1. The van der Waals surface area contributed by atoms with Gasteiger partial charge < -0.3 is 14.8 Å². The van der Waals surface area contributed by atoms with Crippen LogP contribution < -0.4 is 14.8 Å². The molecule has 1 rings (SSSR count). The Morgan fingerprint density at radius 1 is 1.11 bits per heavy atom. The third kappa shape index (κ3) is 6.48. The van der Waals surface area contributed by atoms with Gasteiger partial charge in [-0.1, -0.05) is 31.9 Å². The second kappa shape index (κ2) is 9.68. The highest BCUT2D eigenvalue weighted by molar-refractivity contribution is 5.39. The number of ether oxygens (including phenoxy) is 2. The zero-order valence-electron chi connectivity index (χ0n) is 12.4. The monoisotopic (exact) mass is 265 g/mol. The number of unbranched alkanes of at least 4 members (excludes halogenated alkanes) is 2. The molecule has 3 nitrogen and oxygen atoms in total. The van der Waals surface area contributed by atoms with Gasteiger partial charge in [-0.15, -0.1) is 0 Å². The molecular weight excluding hydrogens is 238 g/mol. The molecule has 108 valence electrons. The molecule has 1 aromatic rings.